The predicted octanol–water partition coefficient (Wildman–Crippen LogP) is -4.39. The molecule has 0 aliphatic carbocycles. The van der Waals surface area contributed by atoms with E-state index in [9.17, 15) is 0 Å². The zero-order valence-corrected chi connectivity index (χ0v) is 11.5. The van der Waals surface area contributed by atoms with Gasteiger partial charge in [0.05, 0.1) is 0 Å². The van der Waals surface area contributed by atoms with Gasteiger partial charge < -0.3 is 1.43 Å². The molecule has 0 aromatic carbocycles. The molecule has 0 radical (unpaired) electrons. The predicted molar refractivity (Wildman–Crippen MR) is 31.8 cm³/mol. The van der Waals surface area contributed by atoms with E-state index in [-0.39, 0.29) is 55.4 Å². The Bertz CT molecular complexity index is 100. The molecule has 7 heavy (non-hydrogen) atoms. The number of hydrogen-bond acceptors (Lipinski definition) is 2. The first-order chi connectivity index (χ1) is 2.00. The van der Waals surface area contributed by atoms with Crippen molar-refractivity contribution in [3.63, 3.8) is 0 Å². The number of hydrogen-bond donors (Lipinski definition) is 2. The van der Waals surface area contributed by atoms with Crippen molar-refractivity contribution in [2.24, 2.45) is 0 Å². The molecule has 3 nitrogen and oxygen atoms in total. The zero-order valence-electron chi connectivity index (χ0n) is 4.83. The van der Waals surface area contributed by atoms with Gasteiger partial charge in [-0.25, -0.2) is 0 Å². The number of rotatable bonds is 0. The fraction of sp³-hybridized carbons (Fsp3) is 0. The van der Waals surface area contributed by atoms with Gasteiger partial charge in [-0.15, -0.1) is 0 Å². The summed E-state index contributed by atoms with van der Waals surface area (Å²) in [7, 11) is -3.83. The summed E-state index contributed by atoms with van der Waals surface area (Å²) < 4.78 is 24.0. The molecule has 0 saturated heterocycles. The molecule has 0 aromatic heterocycles. The van der Waals surface area contributed by atoms with Crippen molar-refractivity contribution in [1.29, 1.82) is 0 Å². The second-order valence-corrected chi connectivity index (χ2v) is 2.65. The summed E-state index contributed by atoms with van der Waals surface area (Å²) in [5.41, 5.74) is 0. The van der Waals surface area contributed by atoms with E-state index in [0.29, 0.717) is 0 Å². The van der Waals surface area contributed by atoms with Gasteiger partial charge in [-0.2, -0.15) is 4.21 Å². The maximum absolute atomic E-state index is 9.11. The molecule has 42 valence electrons. The normalized spacial score (nSPS) is 8.29. The van der Waals surface area contributed by atoms with E-state index in [1.807, 2.05) is 0 Å². The van der Waals surface area contributed by atoms with Gasteiger partial charge in [-0.3, -0.25) is 9.11 Å². The van der Waals surface area contributed by atoms with Crippen molar-refractivity contribution >= 4 is 44.7 Å². The van der Waals surface area contributed by atoms with E-state index in [1.54, 1.807) is 0 Å². The molecule has 0 bridgehead atoms. The fourth-order valence-electron chi connectivity index (χ4n) is 0. The Hall–Kier alpha value is 2.11. The van der Waals surface area contributed by atoms with Crippen LogP contribution in [0.5, 0.6) is 0 Å². The zero-order chi connectivity index (χ0) is 4.50. The summed E-state index contributed by atoms with van der Waals surface area (Å²) in [4.78, 5) is 0. The minimum absolute atomic E-state index is 0. The molecule has 0 unspecified atom stereocenters. The molecule has 0 aromatic rings. The summed E-state index contributed by atoms with van der Waals surface area (Å²) in [6, 6.07) is 0. The van der Waals surface area contributed by atoms with E-state index < -0.39 is 9.05 Å². The second kappa shape index (κ2) is 6.23. The van der Waals surface area contributed by atoms with Gasteiger partial charge in [0.15, 0.2) is 0 Å². The van der Waals surface area contributed by atoms with Gasteiger partial charge in [0.2, 0.25) is 0 Å². The van der Waals surface area contributed by atoms with Crippen molar-refractivity contribution in [3.8, 4) is 0 Å². The van der Waals surface area contributed by atoms with Crippen LogP contribution in [-0.4, -0.2) is 37.7 Å². The molecular weight excluding hydrogens is 257 g/mol. The van der Waals surface area contributed by atoms with Crippen LogP contribution in [0.25, 0.3) is 0 Å². The Morgan fingerprint density at radius 3 is 1.57 bits per heavy atom. The Kier molecular flexibility index (Phi) is 14.3. The quantitative estimate of drug-likeness (QED) is 0.433. The first-order valence-corrected chi connectivity index (χ1v) is 3.10. The van der Waals surface area contributed by atoms with Gasteiger partial charge in [-0.05, 0) is 0 Å². The third-order valence-electron chi connectivity index (χ3n) is 0. The summed E-state index contributed by atoms with van der Waals surface area (Å²) in [6.07, 6.45) is 0. The molecule has 0 atom stereocenters. The van der Waals surface area contributed by atoms with E-state index in [1.165, 1.54) is 0 Å². The van der Waals surface area contributed by atoms with Crippen LogP contribution in [0.3, 0.4) is 0 Å². The average molecular weight is 263 g/mol. The SMILES string of the molecule is O=S(O)(O)=S.[H-].[Na+].[SbH3]. The van der Waals surface area contributed by atoms with Gasteiger partial charge in [0.25, 0.3) is 9.05 Å². The first kappa shape index (κ1) is 16.0. The van der Waals surface area contributed by atoms with Gasteiger partial charge >= 0.3 is 54.0 Å². The van der Waals surface area contributed by atoms with Crippen LogP contribution in [0.1, 0.15) is 1.43 Å². The van der Waals surface area contributed by atoms with Crippen LogP contribution in [0.2, 0.25) is 0 Å². The topological polar surface area (TPSA) is 57.5 Å². The molecule has 0 heterocycles. The molecule has 0 rings (SSSR count). The Morgan fingerprint density at radius 1 is 1.57 bits per heavy atom. The van der Waals surface area contributed by atoms with Crippen molar-refractivity contribution < 1.29 is 44.3 Å². The standard InChI is InChI=1S/Na.H2O3S2.Sb.4H/c;1-5(2,3)4;;;;;/h;(H2,1,2,3,4);;;;;/q+1;;;;;;-1. The van der Waals surface area contributed by atoms with E-state index in [4.69, 9.17) is 13.3 Å². The van der Waals surface area contributed by atoms with E-state index in [2.05, 4.69) is 11.2 Å². The molecule has 2 N–H and O–H groups in total. The minimum atomic E-state index is -3.83. The molecule has 0 spiro atoms. The maximum atomic E-state index is 9.11. The van der Waals surface area contributed by atoms with Crippen molar-refractivity contribution in [2.75, 3.05) is 0 Å². The van der Waals surface area contributed by atoms with Crippen molar-refractivity contribution in [1.82, 2.24) is 0 Å². The second-order valence-electron chi connectivity index (χ2n) is 0.448. The molecule has 0 amide bonds. The van der Waals surface area contributed by atoms with Crippen molar-refractivity contribution in [3.05, 3.63) is 0 Å². The third kappa shape index (κ3) is 68.1. The van der Waals surface area contributed by atoms with E-state index in [0.717, 1.165) is 0 Å². The molecular formula is H6NaO3S2Sb. The molecule has 7 heteroatoms. The fourth-order valence-corrected chi connectivity index (χ4v) is 0. The average Bonchev–Trinajstić information content (AvgIpc) is 0.722. The molecule has 0 aliphatic heterocycles. The first-order valence-electron chi connectivity index (χ1n) is 0.698. The summed E-state index contributed by atoms with van der Waals surface area (Å²) in [5, 5.41) is 0. The van der Waals surface area contributed by atoms with Crippen LogP contribution >= 0.6 is 0 Å². The Labute approximate surface area is 87.8 Å². The van der Waals surface area contributed by atoms with Crippen LogP contribution in [-0.2, 0) is 20.2 Å². The summed E-state index contributed by atoms with van der Waals surface area (Å²) in [6.45, 7) is 0. The molecule has 0 fully saturated rings. The Morgan fingerprint density at radius 2 is 1.57 bits per heavy atom. The molecule has 0 saturated carbocycles. The van der Waals surface area contributed by atoms with Gasteiger partial charge in [0.1, 0.15) is 0 Å². The summed E-state index contributed by atoms with van der Waals surface area (Å²) >= 11 is 3.47. The van der Waals surface area contributed by atoms with Crippen molar-refractivity contribution in [2.45, 2.75) is 0 Å². The van der Waals surface area contributed by atoms with Crippen LogP contribution in [0.15, 0.2) is 0 Å². The van der Waals surface area contributed by atoms with Crippen LogP contribution in [0, 0.1) is 0 Å². The van der Waals surface area contributed by atoms with Gasteiger partial charge in [-0.1, -0.05) is 0 Å². The third-order valence-corrected chi connectivity index (χ3v) is 0. The summed E-state index contributed by atoms with van der Waals surface area (Å²) in [5.74, 6) is 0. The van der Waals surface area contributed by atoms with Crippen LogP contribution in [0.4, 0.5) is 0 Å². The van der Waals surface area contributed by atoms with E-state index >= 15 is 0 Å². The van der Waals surface area contributed by atoms with Gasteiger partial charge in [0, 0.05) is 11.2 Å². The monoisotopic (exact) mass is 262 g/mol. The van der Waals surface area contributed by atoms with Crippen LogP contribution < -0.4 is 29.6 Å². The Balaban J connectivity index is -0.0000000267. The molecule has 0 aliphatic rings.